The molecule has 1 aliphatic rings. The highest BCUT2D eigenvalue weighted by molar-refractivity contribution is 6.10. The minimum Gasteiger partial charge on any atom is -0.486 e. The van der Waals surface area contributed by atoms with Crippen LogP contribution in [0.1, 0.15) is 5.56 Å². The van der Waals surface area contributed by atoms with Gasteiger partial charge in [-0.15, -0.1) is 0 Å². The van der Waals surface area contributed by atoms with E-state index in [2.05, 4.69) is 5.32 Å². The third kappa shape index (κ3) is 4.28. The molecular formula is C18H12N4O7. The smallest absolute Gasteiger partial charge is 0.296 e. The molecule has 1 amide bonds. The van der Waals surface area contributed by atoms with Crippen molar-refractivity contribution in [2.75, 3.05) is 18.5 Å². The lowest BCUT2D eigenvalue weighted by atomic mass is 10.1. The number of rotatable bonds is 5. The highest BCUT2D eigenvalue weighted by Crippen LogP contribution is 2.39. The van der Waals surface area contributed by atoms with E-state index in [4.69, 9.17) is 9.47 Å². The topological polar surface area (TPSA) is 158 Å². The molecule has 0 saturated carbocycles. The van der Waals surface area contributed by atoms with Crippen molar-refractivity contribution in [2.45, 2.75) is 0 Å². The summed E-state index contributed by atoms with van der Waals surface area (Å²) in [7, 11) is 0. The Kier molecular flexibility index (Phi) is 5.36. The number of hydrogen-bond donors (Lipinski definition) is 1. The van der Waals surface area contributed by atoms with Gasteiger partial charge < -0.3 is 14.8 Å². The molecule has 1 aliphatic heterocycles. The Labute approximate surface area is 163 Å². The van der Waals surface area contributed by atoms with E-state index in [1.54, 1.807) is 6.07 Å². The maximum Gasteiger partial charge on any atom is 0.296 e. The number of hydrogen-bond acceptors (Lipinski definition) is 8. The molecule has 146 valence electrons. The number of anilines is 1. The molecule has 2 aromatic rings. The van der Waals surface area contributed by atoms with Gasteiger partial charge in [-0.1, -0.05) is 0 Å². The molecule has 29 heavy (non-hydrogen) atoms. The highest BCUT2D eigenvalue weighted by Gasteiger charge is 2.24. The fourth-order valence-corrected chi connectivity index (χ4v) is 2.53. The molecule has 11 heteroatoms. The van der Waals surface area contributed by atoms with Crippen LogP contribution in [0.2, 0.25) is 0 Å². The zero-order chi connectivity index (χ0) is 21.0. The van der Waals surface area contributed by atoms with Crippen LogP contribution >= 0.6 is 0 Å². The molecule has 0 unspecified atom stereocenters. The first-order valence-corrected chi connectivity index (χ1v) is 8.14. The normalized spacial score (nSPS) is 12.6. The van der Waals surface area contributed by atoms with Crippen molar-refractivity contribution in [3.8, 4) is 17.6 Å². The van der Waals surface area contributed by atoms with Gasteiger partial charge in [0.25, 0.3) is 17.3 Å². The van der Waals surface area contributed by atoms with Crippen LogP contribution in [0.3, 0.4) is 0 Å². The monoisotopic (exact) mass is 396 g/mol. The van der Waals surface area contributed by atoms with Gasteiger partial charge in [-0.3, -0.25) is 25.0 Å². The molecule has 0 aromatic heterocycles. The van der Waals surface area contributed by atoms with Crippen molar-refractivity contribution in [3.05, 3.63) is 67.8 Å². The molecule has 0 radical (unpaired) electrons. The first-order chi connectivity index (χ1) is 13.9. The molecule has 0 atom stereocenters. The molecule has 0 bridgehead atoms. The average Bonchev–Trinajstić information content (AvgIpc) is 2.71. The number of carbonyl (C=O) groups is 1. The number of non-ortho nitro benzene ring substituents is 1. The van der Waals surface area contributed by atoms with Crippen molar-refractivity contribution in [2.24, 2.45) is 0 Å². The van der Waals surface area contributed by atoms with Crippen LogP contribution in [0.4, 0.5) is 17.1 Å². The summed E-state index contributed by atoms with van der Waals surface area (Å²) in [5.41, 5.74) is -0.691. The highest BCUT2D eigenvalue weighted by atomic mass is 16.6. The van der Waals surface area contributed by atoms with E-state index in [0.29, 0.717) is 5.56 Å². The Morgan fingerprint density at radius 1 is 1.07 bits per heavy atom. The van der Waals surface area contributed by atoms with Crippen LogP contribution in [-0.4, -0.2) is 29.0 Å². The number of fused-ring (bicyclic) bond motifs is 1. The summed E-state index contributed by atoms with van der Waals surface area (Å²) in [4.78, 5) is 33.2. The zero-order valence-corrected chi connectivity index (χ0v) is 14.7. The van der Waals surface area contributed by atoms with E-state index in [1.807, 2.05) is 0 Å². The van der Waals surface area contributed by atoms with Crippen LogP contribution in [0.5, 0.6) is 11.5 Å². The van der Waals surface area contributed by atoms with Crippen LogP contribution in [0.15, 0.2) is 42.0 Å². The van der Waals surface area contributed by atoms with Crippen LogP contribution in [0, 0.1) is 31.6 Å². The predicted molar refractivity (Wildman–Crippen MR) is 99.4 cm³/mol. The third-order valence-corrected chi connectivity index (χ3v) is 3.89. The molecule has 0 fully saturated rings. The molecular weight excluding hydrogens is 384 g/mol. The number of nitriles is 1. The van der Waals surface area contributed by atoms with Gasteiger partial charge in [0, 0.05) is 18.2 Å². The third-order valence-electron chi connectivity index (χ3n) is 3.89. The largest absolute Gasteiger partial charge is 0.486 e. The van der Waals surface area contributed by atoms with Crippen LogP contribution in [-0.2, 0) is 4.79 Å². The molecule has 2 aromatic carbocycles. The standard InChI is InChI=1S/C18H12N4O7/c19-10-12(7-11-1-3-13(4-2-11)21(24)25)18(23)20-14-8-16-17(29-6-5-28-16)9-15(14)22(26)27/h1-4,7-9H,5-6H2,(H,20,23)/b12-7+. The number of ether oxygens (including phenoxy) is 2. The van der Waals surface area contributed by atoms with Gasteiger partial charge in [0.1, 0.15) is 30.5 Å². The van der Waals surface area contributed by atoms with Crippen LogP contribution < -0.4 is 14.8 Å². The molecule has 1 N–H and O–H groups in total. The lowest BCUT2D eigenvalue weighted by Gasteiger charge is -2.19. The average molecular weight is 396 g/mol. The number of benzene rings is 2. The van der Waals surface area contributed by atoms with Gasteiger partial charge in [-0.2, -0.15) is 5.26 Å². The number of nitrogens with zero attached hydrogens (tertiary/aromatic N) is 3. The van der Waals surface area contributed by atoms with Gasteiger partial charge >= 0.3 is 0 Å². The lowest BCUT2D eigenvalue weighted by molar-refractivity contribution is -0.384. The minimum absolute atomic E-state index is 0.142. The second-order valence-electron chi connectivity index (χ2n) is 5.74. The fraction of sp³-hybridized carbons (Fsp3) is 0.111. The van der Waals surface area contributed by atoms with Crippen molar-refractivity contribution < 1.29 is 24.1 Å². The van der Waals surface area contributed by atoms with Gasteiger partial charge in [0.15, 0.2) is 11.5 Å². The summed E-state index contributed by atoms with van der Waals surface area (Å²) < 4.78 is 10.7. The second-order valence-corrected chi connectivity index (χ2v) is 5.74. The van der Waals surface area contributed by atoms with Crippen molar-refractivity contribution in [3.63, 3.8) is 0 Å². The van der Waals surface area contributed by atoms with Gasteiger partial charge in [0.05, 0.1) is 15.9 Å². The first kappa shape index (κ1) is 19.3. The van der Waals surface area contributed by atoms with Crippen molar-refractivity contribution in [1.29, 1.82) is 5.26 Å². The van der Waals surface area contributed by atoms with Crippen LogP contribution in [0.25, 0.3) is 6.08 Å². The van der Waals surface area contributed by atoms with E-state index >= 15 is 0 Å². The molecule has 0 saturated heterocycles. The number of amides is 1. The molecule has 0 aliphatic carbocycles. The SMILES string of the molecule is N#C/C(=C\c1ccc([N+](=O)[O-])cc1)C(=O)Nc1cc2c(cc1[N+](=O)[O-])OCCO2. The number of nitrogens with one attached hydrogen (secondary N) is 1. The maximum absolute atomic E-state index is 12.5. The summed E-state index contributed by atoms with van der Waals surface area (Å²) >= 11 is 0. The van der Waals surface area contributed by atoms with Gasteiger partial charge in [-0.05, 0) is 23.8 Å². The first-order valence-electron chi connectivity index (χ1n) is 8.14. The number of carbonyl (C=O) groups excluding carboxylic acids is 1. The zero-order valence-electron chi connectivity index (χ0n) is 14.7. The molecule has 1 heterocycles. The van der Waals surface area contributed by atoms with Gasteiger partial charge in [0.2, 0.25) is 0 Å². The summed E-state index contributed by atoms with van der Waals surface area (Å²) in [6, 6.07) is 9.29. The fourth-order valence-electron chi connectivity index (χ4n) is 2.53. The summed E-state index contributed by atoms with van der Waals surface area (Å²) in [5.74, 6) is -0.469. The van der Waals surface area contributed by atoms with E-state index < -0.39 is 21.4 Å². The molecule has 0 spiro atoms. The Bertz CT molecular complexity index is 1070. The Balaban J connectivity index is 1.88. The Morgan fingerprint density at radius 3 is 2.24 bits per heavy atom. The predicted octanol–water partition coefficient (Wildman–Crippen LogP) is 2.82. The van der Waals surface area contributed by atoms with E-state index in [-0.39, 0.29) is 41.7 Å². The van der Waals surface area contributed by atoms with E-state index in [0.717, 1.165) is 6.07 Å². The Morgan fingerprint density at radius 2 is 1.69 bits per heavy atom. The summed E-state index contributed by atoms with van der Waals surface area (Å²) in [6.07, 6.45) is 1.21. The number of nitro benzene ring substituents is 2. The van der Waals surface area contributed by atoms with E-state index in [9.17, 15) is 30.3 Å². The van der Waals surface area contributed by atoms with E-state index in [1.165, 1.54) is 36.4 Å². The Hall–Kier alpha value is -4.46. The molecule has 3 rings (SSSR count). The maximum atomic E-state index is 12.5. The number of nitro groups is 2. The van der Waals surface area contributed by atoms with Gasteiger partial charge in [-0.25, -0.2) is 0 Å². The minimum atomic E-state index is -0.884. The molecule has 11 nitrogen and oxygen atoms in total. The summed E-state index contributed by atoms with van der Waals surface area (Å²) in [6.45, 7) is 0.494. The van der Waals surface area contributed by atoms with Crippen molar-refractivity contribution in [1.82, 2.24) is 0 Å². The van der Waals surface area contributed by atoms with Crippen molar-refractivity contribution >= 4 is 29.0 Å². The second kappa shape index (κ2) is 8.05. The summed E-state index contributed by atoms with van der Waals surface area (Å²) in [5, 5.41) is 33.6. The quantitative estimate of drug-likeness (QED) is 0.350. The lowest BCUT2D eigenvalue weighted by Crippen LogP contribution is -2.18.